The quantitative estimate of drug-likeness (QED) is 0.530. The summed E-state index contributed by atoms with van der Waals surface area (Å²) >= 11 is 0. The predicted octanol–water partition coefficient (Wildman–Crippen LogP) is 3.21. The molecule has 0 spiro atoms. The molecule has 19 heavy (non-hydrogen) atoms. The van der Waals surface area contributed by atoms with Crippen LogP contribution in [0.2, 0.25) is 0 Å². The summed E-state index contributed by atoms with van der Waals surface area (Å²) in [5.41, 5.74) is 6.01. The molecule has 3 nitrogen and oxygen atoms in total. The van der Waals surface area contributed by atoms with Crippen LogP contribution < -0.4 is 10.5 Å². The van der Waals surface area contributed by atoms with E-state index in [1.165, 1.54) is 12.3 Å². The predicted molar refractivity (Wildman–Crippen MR) is 60.6 cm³/mol. The highest BCUT2D eigenvalue weighted by molar-refractivity contribution is 5.77. The van der Waals surface area contributed by atoms with Crippen LogP contribution in [0.1, 0.15) is 0 Å². The van der Waals surface area contributed by atoms with Crippen LogP contribution in [0.15, 0.2) is 30.5 Å². The van der Waals surface area contributed by atoms with Crippen LogP contribution >= 0.6 is 0 Å². The molecule has 0 fully saturated rings. The Morgan fingerprint density at radius 3 is 2.53 bits per heavy atom. The van der Waals surface area contributed by atoms with E-state index in [2.05, 4.69) is 9.72 Å². The lowest BCUT2D eigenvalue weighted by Gasteiger charge is -2.11. The average Bonchev–Trinajstić information content (AvgIpc) is 2.32. The van der Waals surface area contributed by atoms with Gasteiger partial charge in [0.1, 0.15) is 0 Å². The van der Waals surface area contributed by atoms with Crippen molar-refractivity contribution < 1.29 is 22.3 Å². The van der Waals surface area contributed by atoms with Crippen molar-refractivity contribution in [3.8, 4) is 16.9 Å². The van der Waals surface area contributed by atoms with Crippen LogP contribution in [-0.2, 0) is 0 Å². The number of anilines is 1. The van der Waals surface area contributed by atoms with Crippen molar-refractivity contribution in [3.05, 3.63) is 42.2 Å². The Morgan fingerprint density at radius 2 is 1.89 bits per heavy atom. The van der Waals surface area contributed by atoms with Crippen molar-refractivity contribution in [3.63, 3.8) is 0 Å². The Morgan fingerprint density at radius 1 is 1.16 bits per heavy atom. The van der Waals surface area contributed by atoms with Gasteiger partial charge >= 0.3 is 6.61 Å². The zero-order valence-corrected chi connectivity index (χ0v) is 9.41. The number of halogens is 4. The molecule has 1 heterocycles. The third kappa shape index (κ3) is 2.93. The second kappa shape index (κ2) is 5.13. The van der Waals surface area contributed by atoms with E-state index in [1.54, 1.807) is 0 Å². The van der Waals surface area contributed by atoms with Gasteiger partial charge in [-0.1, -0.05) is 0 Å². The number of aromatic nitrogens is 1. The molecule has 0 aliphatic rings. The summed E-state index contributed by atoms with van der Waals surface area (Å²) in [6.07, 6.45) is 1.18. The summed E-state index contributed by atoms with van der Waals surface area (Å²) in [6.45, 7) is -3.17. The van der Waals surface area contributed by atoms with E-state index in [9.17, 15) is 17.6 Å². The van der Waals surface area contributed by atoms with E-state index in [-0.39, 0.29) is 16.8 Å². The molecule has 0 saturated heterocycles. The highest BCUT2D eigenvalue weighted by atomic mass is 19.3. The Bertz CT molecular complexity index is 604. The third-order valence-corrected chi connectivity index (χ3v) is 2.36. The first kappa shape index (κ1) is 13.1. The van der Waals surface area contributed by atoms with Crippen molar-refractivity contribution in [2.24, 2.45) is 0 Å². The lowest BCUT2D eigenvalue weighted by atomic mass is 10.0. The molecule has 0 aliphatic carbocycles. The molecule has 7 heteroatoms. The molecular weight excluding hydrogens is 264 g/mol. The maximum atomic E-state index is 13.4. The minimum absolute atomic E-state index is 0.0234. The molecule has 0 radical (unpaired) electrons. The molecule has 2 N–H and O–H groups in total. The summed E-state index contributed by atoms with van der Waals surface area (Å²) in [7, 11) is 0. The molecule has 100 valence electrons. The Hall–Kier alpha value is -2.31. The molecule has 1 aromatic heterocycles. The van der Waals surface area contributed by atoms with Gasteiger partial charge in [-0.15, -0.1) is 0 Å². The van der Waals surface area contributed by atoms with Crippen LogP contribution in [0, 0.1) is 11.8 Å². The van der Waals surface area contributed by atoms with Crippen molar-refractivity contribution in [2.45, 2.75) is 6.61 Å². The third-order valence-electron chi connectivity index (χ3n) is 2.36. The maximum Gasteiger partial charge on any atom is 0.387 e. The first-order valence-corrected chi connectivity index (χ1v) is 5.13. The molecule has 1 aromatic carbocycles. The number of pyridine rings is 1. The number of nitrogens with zero attached hydrogens (tertiary/aromatic N) is 1. The normalized spacial score (nSPS) is 10.8. The van der Waals surface area contributed by atoms with Gasteiger partial charge in [-0.2, -0.15) is 13.2 Å². The minimum Gasteiger partial charge on any atom is -0.432 e. The SMILES string of the molecule is Nc1cc(F)c(OC(F)F)cc1-c1ccnc(F)c1. The Labute approximate surface area is 105 Å². The number of rotatable bonds is 3. The van der Waals surface area contributed by atoms with Crippen LogP contribution in [-0.4, -0.2) is 11.6 Å². The van der Waals surface area contributed by atoms with Gasteiger partial charge in [0.2, 0.25) is 5.95 Å². The molecule has 2 rings (SSSR count). The van der Waals surface area contributed by atoms with E-state index < -0.39 is 24.1 Å². The van der Waals surface area contributed by atoms with E-state index in [0.717, 1.165) is 18.2 Å². The standard InChI is InChI=1S/C12H8F4N2O/c13-8-5-9(17)7(4-10(8)19-12(15)16)6-1-2-18-11(14)3-6/h1-5,12H,17H2. The van der Waals surface area contributed by atoms with Gasteiger partial charge in [0.05, 0.1) is 0 Å². The molecule has 2 aromatic rings. The highest BCUT2D eigenvalue weighted by Crippen LogP contribution is 2.32. The van der Waals surface area contributed by atoms with E-state index in [4.69, 9.17) is 5.73 Å². The number of ether oxygens (including phenoxy) is 1. The summed E-state index contributed by atoms with van der Waals surface area (Å²) in [5, 5.41) is 0. The lowest BCUT2D eigenvalue weighted by molar-refractivity contribution is -0.0521. The molecule has 0 aliphatic heterocycles. The molecular formula is C12H8F4N2O. The van der Waals surface area contributed by atoms with Crippen LogP contribution in [0.5, 0.6) is 5.75 Å². The summed E-state index contributed by atoms with van der Waals surface area (Å²) in [4.78, 5) is 3.35. The largest absolute Gasteiger partial charge is 0.432 e. The number of alkyl halides is 2. The fourth-order valence-corrected chi connectivity index (χ4v) is 1.58. The number of hydrogen-bond acceptors (Lipinski definition) is 3. The van der Waals surface area contributed by atoms with Gasteiger partial charge in [0.15, 0.2) is 11.6 Å². The fourth-order valence-electron chi connectivity index (χ4n) is 1.58. The molecule has 0 atom stereocenters. The van der Waals surface area contributed by atoms with Crippen molar-refractivity contribution in [2.75, 3.05) is 5.73 Å². The highest BCUT2D eigenvalue weighted by Gasteiger charge is 2.14. The number of nitrogens with two attached hydrogens (primary N) is 1. The number of nitrogen functional groups attached to an aromatic ring is 1. The van der Waals surface area contributed by atoms with Crippen LogP contribution in [0.25, 0.3) is 11.1 Å². The van der Waals surface area contributed by atoms with Crippen molar-refractivity contribution in [1.29, 1.82) is 0 Å². The van der Waals surface area contributed by atoms with E-state index in [0.29, 0.717) is 0 Å². The van der Waals surface area contributed by atoms with Gasteiger partial charge in [-0.3, -0.25) is 0 Å². The number of hydrogen-bond donors (Lipinski definition) is 1. The van der Waals surface area contributed by atoms with Gasteiger partial charge in [-0.25, -0.2) is 9.37 Å². The van der Waals surface area contributed by atoms with Crippen LogP contribution in [0.3, 0.4) is 0 Å². The first-order chi connectivity index (χ1) is 8.97. The van der Waals surface area contributed by atoms with Gasteiger partial charge in [0, 0.05) is 29.6 Å². The fraction of sp³-hybridized carbons (Fsp3) is 0.0833. The van der Waals surface area contributed by atoms with Crippen LogP contribution in [0.4, 0.5) is 23.2 Å². The summed E-state index contributed by atoms with van der Waals surface area (Å²) in [6, 6.07) is 4.30. The van der Waals surface area contributed by atoms with E-state index in [1.807, 2.05) is 0 Å². The zero-order valence-electron chi connectivity index (χ0n) is 9.41. The van der Waals surface area contributed by atoms with Gasteiger partial charge in [0.25, 0.3) is 0 Å². The minimum atomic E-state index is -3.17. The van der Waals surface area contributed by atoms with E-state index >= 15 is 0 Å². The average molecular weight is 272 g/mol. The topological polar surface area (TPSA) is 48.1 Å². The zero-order chi connectivity index (χ0) is 14.0. The Kier molecular flexibility index (Phi) is 3.55. The van der Waals surface area contributed by atoms with Crippen molar-refractivity contribution >= 4 is 5.69 Å². The van der Waals surface area contributed by atoms with Gasteiger partial charge in [-0.05, 0) is 17.7 Å². The summed E-state index contributed by atoms with van der Waals surface area (Å²) in [5.74, 6) is -2.44. The second-order valence-corrected chi connectivity index (χ2v) is 3.62. The van der Waals surface area contributed by atoms with Gasteiger partial charge < -0.3 is 10.5 Å². The molecule has 0 unspecified atom stereocenters. The Balaban J connectivity index is 2.51. The molecule has 0 saturated carbocycles. The number of benzene rings is 1. The smallest absolute Gasteiger partial charge is 0.387 e. The second-order valence-electron chi connectivity index (χ2n) is 3.62. The maximum absolute atomic E-state index is 13.4. The monoisotopic (exact) mass is 272 g/mol. The molecule has 0 bridgehead atoms. The lowest BCUT2D eigenvalue weighted by Crippen LogP contribution is -2.05. The molecule has 0 amide bonds. The first-order valence-electron chi connectivity index (χ1n) is 5.13. The van der Waals surface area contributed by atoms with Crippen molar-refractivity contribution in [1.82, 2.24) is 4.98 Å². The summed E-state index contributed by atoms with van der Waals surface area (Å²) < 4.78 is 54.6.